The van der Waals surface area contributed by atoms with Crippen molar-refractivity contribution in [2.45, 2.75) is 32.4 Å². The zero-order chi connectivity index (χ0) is 13.7. The average molecular weight is 328 g/mol. The summed E-state index contributed by atoms with van der Waals surface area (Å²) >= 11 is 3.62. The first-order chi connectivity index (χ1) is 9.22. The summed E-state index contributed by atoms with van der Waals surface area (Å²) in [6, 6.07) is 6.14. The van der Waals surface area contributed by atoms with Gasteiger partial charge in [0.2, 0.25) is 0 Å². The highest BCUT2D eigenvalue weighted by molar-refractivity contribution is 9.10. The molecule has 2 rings (SSSR count). The number of nitrogens with zero attached hydrogens (tertiary/aromatic N) is 1. The smallest absolute Gasteiger partial charge is 0.119 e. The third-order valence-electron chi connectivity index (χ3n) is 3.51. The lowest BCUT2D eigenvalue weighted by Crippen LogP contribution is -2.39. The molecule has 1 saturated heterocycles. The Bertz CT molecular complexity index is 409. The van der Waals surface area contributed by atoms with Crippen LogP contribution in [-0.4, -0.2) is 37.8 Å². The highest BCUT2D eigenvalue weighted by Gasteiger charge is 2.20. The molecule has 0 N–H and O–H groups in total. The molecule has 0 spiro atoms. The lowest BCUT2D eigenvalue weighted by molar-refractivity contribution is 0.00357. The first-order valence-electron chi connectivity index (χ1n) is 6.89. The minimum absolute atomic E-state index is 0.392. The van der Waals surface area contributed by atoms with Crippen LogP contribution in [0.1, 0.15) is 25.3 Å². The summed E-state index contributed by atoms with van der Waals surface area (Å²) in [5, 5.41) is 0. The molecule has 1 unspecified atom stereocenters. The van der Waals surface area contributed by atoms with E-state index in [9.17, 15) is 0 Å². The fourth-order valence-electron chi connectivity index (χ4n) is 2.57. The molecule has 4 heteroatoms. The summed E-state index contributed by atoms with van der Waals surface area (Å²) in [4.78, 5) is 2.46. The summed E-state index contributed by atoms with van der Waals surface area (Å²) in [5.41, 5.74) is 1.27. The monoisotopic (exact) mass is 327 g/mol. The van der Waals surface area contributed by atoms with Gasteiger partial charge in [0.25, 0.3) is 0 Å². The van der Waals surface area contributed by atoms with Gasteiger partial charge in [0.05, 0.1) is 13.2 Å². The van der Waals surface area contributed by atoms with Crippen LogP contribution in [0.5, 0.6) is 5.75 Å². The summed E-state index contributed by atoms with van der Waals surface area (Å²) in [7, 11) is 1.71. The maximum absolute atomic E-state index is 5.75. The Labute approximate surface area is 124 Å². The fraction of sp³-hybridized carbons (Fsp3) is 0.600. The normalized spacial score (nSPS) is 20.5. The summed E-state index contributed by atoms with van der Waals surface area (Å²) in [6.07, 6.45) is 2.79. The third kappa shape index (κ3) is 4.20. The van der Waals surface area contributed by atoms with Crippen molar-refractivity contribution in [3.8, 4) is 5.75 Å². The second-order valence-electron chi connectivity index (χ2n) is 4.91. The van der Waals surface area contributed by atoms with Gasteiger partial charge in [-0.05, 0) is 50.1 Å². The van der Waals surface area contributed by atoms with Crippen LogP contribution in [0.2, 0.25) is 0 Å². The topological polar surface area (TPSA) is 21.7 Å². The van der Waals surface area contributed by atoms with E-state index in [0.717, 1.165) is 36.5 Å². The minimum atomic E-state index is 0.392. The van der Waals surface area contributed by atoms with Crippen molar-refractivity contribution in [2.75, 3.05) is 26.8 Å². The minimum Gasteiger partial charge on any atom is -0.497 e. The molecule has 0 aromatic heterocycles. The molecule has 0 aliphatic carbocycles. The van der Waals surface area contributed by atoms with E-state index in [0.29, 0.717) is 6.10 Å². The molecule has 1 aromatic rings. The standard InChI is InChI=1S/C15H22BrNO2/c1-3-19-14-5-4-8-17(11-14)10-12-9-13(18-2)6-7-15(12)16/h6-7,9,14H,3-5,8,10-11H2,1-2H3. The molecule has 0 radical (unpaired) electrons. The number of piperidine rings is 1. The van der Waals surface area contributed by atoms with E-state index in [1.54, 1.807) is 7.11 Å². The van der Waals surface area contributed by atoms with E-state index in [1.807, 2.05) is 6.07 Å². The van der Waals surface area contributed by atoms with Gasteiger partial charge in [-0.3, -0.25) is 4.90 Å². The average Bonchev–Trinajstić information content (AvgIpc) is 2.42. The van der Waals surface area contributed by atoms with Crippen molar-refractivity contribution in [2.24, 2.45) is 0 Å². The van der Waals surface area contributed by atoms with E-state index >= 15 is 0 Å². The van der Waals surface area contributed by atoms with Crippen molar-refractivity contribution >= 4 is 15.9 Å². The van der Waals surface area contributed by atoms with E-state index < -0.39 is 0 Å². The Hall–Kier alpha value is -0.580. The van der Waals surface area contributed by atoms with Gasteiger partial charge in [0.1, 0.15) is 5.75 Å². The van der Waals surface area contributed by atoms with Crippen LogP contribution in [0.4, 0.5) is 0 Å². The first-order valence-corrected chi connectivity index (χ1v) is 7.68. The number of halogens is 1. The van der Waals surface area contributed by atoms with Gasteiger partial charge in [0, 0.05) is 24.2 Å². The van der Waals surface area contributed by atoms with E-state index in [2.05, 4.69) is 39.9 Å². The van der Waals surface area contributed by atoms with Gasteiger partial charge in [-0.15, -0.1) is 0 Å². The third-order valence-corrected chi connectivity index (χ3v) is 4.29. The number of likely N-dealkylation sites (tertiary alicyclic amines) is 1. The second kappa shape index (κ2) is 7.27. The number of benzene rings is 1. The van der Waals surface area contributed by atoms with Crippen LogP contribution in [-0.2, 0) is 11.3 Å². The van der Waals surface area contributed by atoms with Crippen LogP contribution < -0.4 is 4.74 Å². The molecule has 19 heavy (non-hydrogen) atoms. The number of methoxy groups -OCH3 is 1. The lowest BCUT2D eigenvalue weighted by Gasteiger charge is -2.32. The molecule has 1 aliphatic rings. The zero-order valence-electron chi connectivity index (χ0n) is 11.7. The number of hydrogen-bond donors (Lipinski definition) is 0. The molecule has 1 atom stereocenters. The fourth-order valence-corrected chi connectivity index (χ4v) is 2.94. The summed E-state index contributed by atoms with van der Waals surface area (Å²) < 4.78 is 12.2. The Kier molecular flexibility index (Phi) is 5.67. The van der Waals surface area contributed by atoms with Crippen molar-refractivity contribution in [1.29, 1.82) is 0 Å². The molecule has 0 amide bonds. The number of rotatable bonds is 5. The second-order valence-corrected chi connectivity index (χ2v) is 5.77. The van der Waals surface area contributed by atoms with Gasteiger partial charge >= 0.3 is 0 Å². The van der Waals surface area contributed by atoms with Crippen LogP contribution in [0.25, 0.3) is 0 Å². The van der Waals surface area contributed by atoms with E-state index in [1.165, 1.54) is 18.4 Å². The maximum Gasteiger partial charge on any atom is 0.119 e. The Balaban J connectivity index is 2.00. The first kappa shape index (κ1) is 14.8. The van der Waals surface area contributed by atoms with Crippen molar-refractivity contribution in [1.82, 2.24) is 4.90 Å². The number of hydrogen-bond acceptors (Lipinski definition) is 3. The van der Waals surface area contributed by atoms with Crippen LogP contribution >= 0.6 is 15.9 Å². The Morgan fingerprint density at radius 2 is 2.26 bits per heavy atom. The molecule has 0 saturated carbocycles. The van der Waals surface area contributed by atoms with Gasteiger partial charge in [-0.2, -0.15) is 0 Å². The molecule has 0 bridgehead atoms. The molecule has 106 valence electrons. The Morgan fingerprint density at radius 3 is 3.00 bits per heavy atom. The summed E-state index contributed by atoms with van der Waals surface area (Å²) in [5.74, 6) is 0.913. The molecular formula is C15H22BrNO2. The van der Waals surface area contributed by atoms with Crippen LogP contribution in [0, 0.1) is 0 Å². The Morgan fingerprint density at radius 1 is 1.42 bits per heavy atom. The highest BCUT2D eigenvalue weighted by Crippen LogP contribution is 2.25. The van der Waals surface area contributed by atoms with Crippen molar-refractivity contribution in [3.05, 3.63) is 28.2 Å². The zero-order valence-corrected chi connectivity index (χ0v) is 13.3. The molecule has 3 nitrogen and oxygen atoms in total. The SMILES string of the molecule is CCOC1CCCN(Cc2cc(OC)ccc2Br)C1. The van der Waals surface area contributed by atoms with Gasteiger partial charge < -0.3 is 9.47 Å². The quantitative estimate of drug-likeness (QED) is 0.826. The molecule has 1 aliphatic heterocycles. The largest absolute Gasteiger partial charge is 0.497 e. The molecule has 1 heterocycles. The van der Waals surface area contributed by atoms with Crippen molar-refractivity contribution in [3.63, 3.8) is 0 Å². The van der Waals surface area contributed by atoms with E-state index in [4.69, 9.17) is 9.47 Å². The number of ether oxygens (including phenoxy) is 2. The molecule has 1 aromatic carbocycles. The van der Waals surface area contributed by atoms with Crippen LogP contribution in [0.15, 0.2) is 22.7 Å². The maximum atomic E-state index is 5.75. The predicted octanol–water partition coefficient (Wildman–Crippen LogP) is 3.46. The molecule has 1 fully saturated rings. The van der Waals surface area contributed by atoms with E-state index in [-0.39, 0.29) is 0 Å². The predicted molar refractivity (Wildman–Crippen MR) is 80.6 cm³/mol. The van der Waals surface area contributed by atoms with Gasteiger partial charge in [-0.25, -0.2) is 0 Å². The summed E-state index contributed by atoms with van der Waals surface area (Å²) in [6.45, 7) is 5.99. The van der Waals surface area contributed by atoms with Crippen molar-refractivity contribution < 1.29 is 9.47 Å². The highest BCUT2D eigenvalue weighted by atomic mass is 79.9. The molecular weight excluding hydrogens is 306 g/mol. The van der Waals surface area contributed by atoms with Gasteiger partial charge in [0.15, 0.2) is 0 Å². The van der Waals surface area contributed by atoms with Gasteiger partial charge in [-0.1, -0.05) is 15.9 Å². The van der Waals surface area contributed by atoms with Crippen LogP contribution in [0.3, 0.4) is 0 Å². The lowest BCUT2D eigenvalue weighted by atomic mass is 10.1.